The van der Waals surface area contributed by atoms with Crippen LogP contribution in [0.2, 0.25) is 0 Å². The summed E-state index contributed by atoms with van der Waals surface area (Å²) in [4.78, 5) is 30.6. The number of nitrogens with zero attached hydrogens (tertiary/aromatic N) is 10. The number of rotatable bonds is 13. The Kier molecular flexibility index (Phi) is 20.0. The van der Waals surface area contributed by atoms with Gasteiger partial charge in [-0.3, -0.25) is 0 Å². The first-order valence-electron chi connectivity index (χ1n) is 48.8. The van der Waals surface area contributed by atoms with E-state index in [0.29, 0.717) is 34.2 Å². The van der Waals surface area contributed by atoms with Crippen LogP contribution in [0.4, 0.5) is 0 Å². The van der Waals surface area contributed by atoms with Gasteiger partial charge in [-0.2, -0.15) is 0 Å². The van der Waals surface area contributed by atoms with Crippen molar-refractivity contribution in [2.24, 2.45) is 0 Å². The van der Waals surface area contributed by atoms with Crippen molar-refractivity contribution in [3.8, 4) is 124 Å². The van der Waals surface area contributed by atoms with Crippen LogP contribution < -0.4 is 0 Å². The van der Waals surface area contributed by atoms with Gasteiger partial charge in [-0.25, -0.2) is 29.9 Å². The van der Waals surface area contributed by atoms with Crippen LogP contribution in [0.15, 0.2) is 511 Å². The van der Waals surface area contributed by atoms with Gasteiger partial charge in [0, 0.05) is 115 Å². The molecule has 0 aliphatic rings. The second-order valence-electron chi connectivity index (χ2n) is 36.6. The molecule has 13 nitrogen and oxygen atoms in total. The van der Waals surface area contributed by atoms with Gasteiger partial charge in [-0.05, 0) is 191 Å². The van der Waals surface area contributed by atoms with Gasteiger partial charge in [0.2, 0.25) is 0 Å². The maximum absolute atomic E-state index is 6.48. The van der Waals surface area contributed by atoms with Crippen LogP contribution in [-0.2, 0) is 0 Å². The Morgan fingerprint density at radius 1 is 0.152 bits per heavy atom. The van der Waals surface area contributed by atoms with Gasteiger partial charge < -0.3 is 31.5 Å². The predicted octanol–water partition coefficient (Wildman–Crippen LogP) is 34.5. The number of para-hydroxylation sites is 9. The van der Waals surface area contributed by atoms with Crippen LogP contribution in [0.3, 0.4) is 0 Å². The van der Waals surface area contributed by atoms with Crippen molar-refractivity contribution in [1.82, 2.24) is 48.2 Å². The summed E-state index contributed by atoms with van der Waals surface area (Å²) >= 11 is 0. The summed E-state index contributed by atoms with van der Waals surface area (Å²) in [5.74, 6) is 2.01. The number of furan rings is 3. The molecule has 0 spiro atoms. The van der Waals surface area contributed by atoms with Gasteiger partial charge in [-0.1, -0.05) is 340 Å². The zero-order valence-electron chi connectivity index (χ0n) is 78.0. The smallest absolute Gasteiger partial charge is 0.180 e. The van der Waals surface area contributed by atoms with E-state index < -0.39 is 0 Å². The number of aromatic nitrogens is 10. The van der Waals surface area contributed by atoms with E-state index in [0.717, 1.165) is 167 Å². The summed E-state index contributed by atoms with van der Waals surface area (Å²) < 4.78 is 28.7. The molecule has 678 valence electrons. The standard InChI is InChI=1S/C52H32N4O.C46H29N3O.C34H21N3O/c1-3-15-33(16-4-1)49-51-50(41-23-9-12-28-47(41)57-51)54-52(53-49)35-18-13-17-34(31-35)38-24-14-27-46-48(38)42-32-37(29-30-45(42)55(46)36-19-5-2-6-20-36)56-43-25-10-7-21-39(43)40-22-8-11-26-44(40)56;1-4-14-30(15-5-1)32-26-27-39-38(29-32)42-36(23-13-24-40(42)49(39)35-20-8-3-9-21-35)33-18-12-19-34(28-33)43-45-44(37-22-10-11-25-41(37)50-45)48-46(47-43)31-16-6-2-7-17-31;1-3-11-22(12-4-1)34-35-31(33-32(36-34)26-16-8-10-18-30(26)38-33)23-19-20-29-27(21-23)25-15-7-9-17-28(25)37(29)24-13-5-2-6-14-24/h1-32H;1-29H;1-21H. The summed E-state index contributed by atoms with van der Waals surface area (Å²) in [6.07, 6.45) is 0. The molecule has 20 aromatic carbocycles. The molecule has 0 aliphatic heterocycles. The summed E-state index contributed by atoms with van der Waals surface area (Å²) in [6.45, 7) is 0. The molecule has 0 aliphatic carbocycles. The van der Waals surface area contributed by atoms with Gasteiger partial charge in [0.15, 0.2) is 34.2 Å². The van der Waals surface area contributed by atoms with Gasteiger partial charge in [0.1, 0.15) is 50.4 Å². The Morgan fingerprint density at radius 2 is 0.434 bits per heavy atom. The quantitative estimate of drug-likeness (QED) is 0.110. The lowest BCUT2D eigenvalue weighted by molar-refractivity contribution is 0.667. The molecule has 30 rings (SSSR count). The summed E-state index contributed by atoms with van der Waals surface area (Å²) in [6, 6.07) is 174. The highest BCUT2D eigenvalue weighted by Gasteiger charge is 2.28. The van der Waals surface area contributed by atoms with Crippen molar-refractivity contribution >= 4 is 153 Å². The lowest BCUT2D eigenvalue weighted by atomic mass is 9.96. The van der Waals surface area contributed by atoms with Gasteiger partial charge in [-0.15, -0.1) is 0 Å². The van der Waals surface area contributed by atoms with E-state index in [1.54, 1.807) is 0 Å². The first kappa shape index (κ1) is 83.4. The van der Waals surface area contributed by atoms with Gasteiger partial charge in [0.05, 0.1) is 44.1 Å². The van der Waals surface area contributed by atoms with Crippen molar-refractivity contribution in [3.05, 3.63) is 497 Å². The molecule has 0 atom stereocenters. The maximum Gasteiger partial charge on any atom is 0.180 e. The highest BCUT2D eigenvalue weighted by atomic mass is 16.3. The van der Waals surface area contributed by atoms with Gasteiger partial charge in [0.25, 0.3) is 0 Å². The van der Waals surface area contributed by atoms with E-state index in [1.807, 2.05) is 127 Å². The van der Waals surface area contributed by atoms with Crippen molar-refractivity contribution in [1.29, 1.82) is 0 Å². The summed E-state index contributed by atoms with van der Waals surface area (Å²) in [5.41, 5.74) is 35.9. The minimum Gasteiger partial charge on any atom is -0.452 e. The van der Waals surface area contributed by atoms with Crippen LogP contribution in [0.1, 0.15) is 0 Å². The number of fused-ring (bicyclic) bond motifs is 21. The maximum atomic E-state index is 6.48. The Morgan fingerprint density at radius 3 is 0.890 bits per heavy atom. The number of hydrogen-bond donors (Lipinski definition) is 0. The molecule has 30 aromatic rings. The molecule has 0 saturated heterocycles. The van der Waals surface area contributed by atoms with Crippen molar-refractivity contribution in [2.75, 3.05) is 0 Å². The minimum atomic E-state index is 0.655. The van der Waals surface area contributed by atoms with Crippen molar-refractivity contribution in [2.45, 2.75) is 0 Å². The SMILES string of the molecule is c1ccc(-c2ccc3c(c2)c2c(-c4cccc(-c5nc(-c6ccccc6)nc6c5oc5ccccc56)c4)cccc2n3-c2ccccc2)cc1.c1ccc(-c2nc(-c3ccc4c(c3)c3ccccc3n4-c3ccccc3)c3oc4ccccc4c3n2)cc1.c1ccc(-c2nc(-c3cccc(-c4cccc5c4c4cc(-n6c7ccccc7c7ccccc76)ccc4n5-c4ccccc4)c3)nc3c2oc2ccccc23)cc1. The molecule has 10 heterocycles. The summed E-state index contributed by atoms with van der Waals surface area (Å²) in [5, 5.41) is 12.6. The van der Waals surface area contributed by atoms with E-state index in [4.69, 9.17) is 43.2 Å². The molecule has 0 amide bonds. The molecule has 0 unspecified atom stereocenters. The van der Waals surface area contributed by atoms with Crippen molar-refractivity contribution < 1.29 is 13.3 Å². The fraction of sp³-hybridized carbons (Fsp3) is 0. The van der Waals surface area contributed by atoms with E-state index in [-0.39, 0.29) is 0 Å². The summed E-state index contributed by atoms with van der Waals surface area (Å²) in [7, 11) is 0. The van der Waals surface area contributed by atoms with E-state index >= 15 is 0 Å². The average Bonchev–Trinajstić information content (AvgIpc) is 1.53. The molecule has 0 saturated carbocycles. The van der Waals surface area contributed by atoms with Crippen molar-refractivity contribution in [3.63, 3.8) is 0 Å². The molecular formula is C132H82N10O3. The van der Waals surface area contributed by atoms with Crippen LogP contribution in [0.25, 0.3) is 277 Å². The Balaban J connectivity index is 0.000000108. The lowest BCUT2D eigenvalue weighted by Crippen LogP contribution is -1.95. The van der Waals surface area contributed by atoms with Gasteiger partial charge >= 0.3 is 0 Å². The second kappa shape index (κ2) is 34.7. The molecule has 0 radical (unpaired) electrons. The first-order valence-corrected chi connectivity index (χ1v) is 48.8. The molecule has 0 fully saturated rings. The third kappa shape index (κ3) is 14.2. The Labute approximate surface area is 830 Å². The molecule has 0 bridgehead atoms. The number of benzene rings is 20. The highest BCUT2D eigenvalue weighted by molar-refractivity contribution is 6.20. The van der Waals surface area contributed by atoms with E-state index in [9.17, 15) is 0 Å². The molecule has 13 heteroatoms. The van der Waals surface area contributed by atoms with Crippen LogP contribution in [0.5, 0.6) is 0 Å². The normalized spacial score (nSPS) is 11.7. The Bertz CT molecular complexity index is 10300. The highest BCUT2D eigenvalue weighted by Crippen LogP contribution is 2.48. The third-order valence-corrected chi connectivity index (χ3v) is 28.1. The minimum absolute atomic E-state index is 0.655. The molecule has 0 N–H and O–H groups in total. The first-order chi connectivity index (χ1) is 71.9. The predicted molar refractivity (Wildman–Crippen MR) is 594 cm³/mol. The molecular weight excluding hydrogens is 1770 g/mol. The fourth-order valence-corrected chi connectivity index (χ4v) is 21.6. The van der Waals surface area contributed by atoms with Crippen LogP contribution in [-0.4, -0.2) is 48.2 Å². The zero-order chi connectivity index (χ0) is 95.5. The van der Waals surface area contributed by atoms with E-state index in [2.05, 4.69) is 388 Å². The molecule has 10 aromatic heterocycles. The monoisotopic (exact) mass is 1850 g/mol. The zero-order valence-corrected chi connectivity index (χ0v) is 78.0. The topological polar surface area (TPSA) is 136 Å². The third-order valence-electron chi connectivity index (χ3n) is 28.1. The fourth-order valence-electron chi connectivity index (χ4n) is 21.6. The van der Waals surface area contributed by atoms with E-state index in [1.165, 1.54) is 76.3 Å². The average molecular weight is 1860 g/mol. The molecule has 145 heavy (non-hydrogen) atoms. The second-order valence-corrected chi connectivity index (χ2v) is 36.6. The van der Waals surface area contributed by atoms with Crippen LogP contribution >= 0.6 is 0 Å². The largest absolute Gasteiger partial charge is 0.452 e. The van der Waals surface area contributed by atoms with Crippen LogP contribution in [0, 0.1) is 0 Å². The Hall–Kier alpha value is -19.8. The number of hydrogen-bond acceptors (Lipinski definition) is 9. The lowest BCUT2D eigenvalue weighted by Gasteiger charge is -2.10.